The molecular weight excluding hydrogens is 213 g/mol. The summed E-state index contributed by atoms with van der Waals surface area (Å²) in [7, 11) is 0. The average molecular weight is 237 g/mol. The summed E-state index contributed by atoms with van der Waals surface area (Å²) >= 11 is 0. The molecule has 0 fully saturated rings. The molecule has 0 amide bonds. The van der Waals surface area contributed by atoms with Crippen molar-refractivity contribution in [2.45, 2.75) is 52.0 Å². The summed E-state index contributed by atoms with van der Waals surface area (Å²) in [6, 6.07) is 6.91. The van der Waals surface area contributed by atoms with Gasteiger partial charge >= 0.3 is 0 Å². The fourth-order valence-electron chi connectivity index (χ4n) is 2.39. The second-order valence-corrected chi connectivity index (χ2v) is 5.31. The van der Waals surface area contributed by atoms with Crippen molar-refractivity contribution in [3.05, 3.63) is 35.6 Å². The molecular formula is C15H24FN. The minimum Gasteiger partial charge on any atom is -0.325 e. The van der Waals surface area contributed by atoms with Crippen molar-refractivity contribution in [2.24, 2.45) is 11.7 Å². The van der Waals surface area contributed by atoms with Crippen LogP contribution in [0.4, 0.5) is 4.39 Å². The van der Waals surface area contributed by atoms with Gasteiger partial charge in [0.1, 0.15) is 5.82 Å². The maximum absolute atomic E-state index is 13.6. The number of halogens is 1. The summed E-state index contributed by atoms with van der Waals surface area (Å²) in [5.41, 5.74) is 6.71. The molecule has 0 aliphatic heterocycles. The quantitative estimate of drug-likeness (QED) is 0.797. The third-order valence-electron chi connectivity index (χ3n) is 3.46. The predicted octanol–water partition coefficient (Wildman–Crippen LogP) is 3.91. The Hall–Kier alpha value is -0.890. The van der Waals surface area contributed by atoms with E-state index in [1.165, 1.54) is 6.07 Å². The molecule has 2 heteroatoms. The van der Waals surface area contributed by atoms with Gasteiger partial charge in [-0.3, -0.25) is 0 Å². The molecule has 0 aliphatic carbocycles. The molecule has 1 atom stereocenters. The van der Waals surface area contributed by atoms with Crippen LogP contribution in [0.15, 0.2) is 24.3 Å². The normalized spacial score (nSPS) is 14.9. The van der Waals surface area contributed by atoms with E-state index in [2.05, 4.69) is 13.8 Å². The second-order valence-electron chi connectivity index (χ2n) is 5.31. The van der Waals surface area contributed by atoms with E-state index in [1.54, 1.807) is 6.07 Å². The molecule has 0 saturated carbocycles. The van der Waals surface area contributed by atoms with Crippen LogP contribution in [0.5, 0.6) is 0 Å². The molecule has 0 aromatic heterocycles. The summed E-state index contributed by atoms with van der Waals surface area (Å²) in [6.07, 6.45) is 3.84. The maximum atomic E-state index is 13.6. The van der Waals surface area contributed by atoms with Crippen molar-refractivity contribution < 1.29 is 4.39 Å². The second kappa shape index (κ2) is 6.15. The number of hydrogen-bond acceptors (Lipinski definition) is 1. The van der Waals surface area contributed by atoms with Crippen LogP contribution in [0.3, 0.4) is 0 Å². The van der Waals surface area contributed by atoms with Crippen molar-refractivity contribution in [3.63, 3.8) is 0 Å². The van der Waals surface area contributed by atoms with E-state index in [0.29, 0.717) is 12.3 Å². The van der Waals surface area contributed by atoms with Crippen LogP contribution in [0.25, 0.3) is 0 Å². The Balaban J connectivity index is 2.69. The van der Waals surface area contributed by atoms with E-state index in [4.69, 9.17) is 5.73 Å². The molecule has 17 heavy (non-hydrogen) atoms. The van der Waals surface area contributed by atoms with Gasteiger partial charge in [-0.05, 0) is 37.3 Å². The van der Waals surface area contributed by atoms with Gasteiger partial charge in [-0.15, -0.1) is 0 Å². The lowest BCUT2D eigenvalue weighted by molar-refractivity contribution is 0.319. The van der Waals surface area contributed by atoms with Crippen LogP contribution in [-0.2, 0) is 6.42 Å². The van der Waals surface area contributed by atoms with E-state index in [0.717, 1.165) is 24.8 Å². The highest BCUT2D eigenvalue weighted by Crippen LogP contribution is 2.24. The van der Waals surface area contributed by atoms with Gasteiger partial charge in [0, 0.05) is 5.54 Å². The van der Waals surface area contributed by atoms with Crippen LogP contribution in [-0.4, -0.2) is 5.54 Å². The van der Waals surface area contributed by atoms with Gasteiger partial charge in [0.2, 0.25) is 0 Å². The van der Waals surface area contributed by atoms with Gasteiger partial charge in [-0.2, -0.15) is 0 Å². The third kappa shape index (κ3) is 4.47. The van der Waals surface area contributed by atoms with Gasteiger partial charge in [-0.1, -0.05) is 44.9 Å². The molecule has 0 bridgehead atoms. The highest BCUT2D eigenvalue weighted by atomic mass is 19.1. The molecule has 96 valence electrons. The molecule has 1 nitrogen and oxygen atoms in total. The van der Waals surface area contributed by atoms with Crippen molar-refractivity contribution >= 4 is 0 Å². The minimum absolute atomic E-state index is 0.145. The van der Waals surface area contributed by atoms with E-state index in [-0.39, 0.29) is 11.4 Å². The van der Waals surface area contributed by atoms with E-state index in [9.17, 15) is 4.39 Å². The fraction of sp³-hybridized carbons (Fsp3) is 0.600. The van der Waals surface area contributed by atoms with Gasteiger partial charge in [0.25, 0.3) is 0 Å². The predicted molar refractivity (Wildman–Crippen MR) is 71.4 cm³/mol. The summed E-state index contributed by atoms with van der Waals surface area (Å²) in [4.78, 5) is 0. The Kier molecular flexibility index (Phi) is 5.13. The zero-order valence-corrected chi connectivity index (χ0v) is 11.2. The highest BCUT2D eigenvalue weighted by Gasteiger charge is 2.23. The Morgan fingerprint density at radius 2 is 1.82 bits per heavy atom. The third-order valence-corrected chi connectivity index (χ3v) is 3.46. The van der Waals surface area contributed by atoms with Gasteiger partial charge in [0.05, 0.1) is 0 Å². The van der Waals surface area contributed by atoms with Gasteiger partial charge in [-0.25, -0.2) is 4.39 Å². The standard InChI is InChI=1S/C15H24FN/c1-4-12(5-2)10-15(3,17)11-13-8-6-7-9-14(13)16/h6-9,12H,4-5,10-11,17H2,1-3H3. The fourth-order valence-corrected chi connectivity index (χ4v) is 2.39. The minimum atomic E-state index is -0.321. The van der Waals surface area contributed by atoms with Crippen molar-refractivity contribution in [3.8, 4) is 0 Å². The zero-order chi connectivity index (χ0) is 12.9. The Morgan fingerprint density at radius 3 is 2.35 bits per heavy atom. The number of rotatable bonds is 6. The molecule has 2 N–H and O–H groups in total. The molecule has 0 radical (unpaired) electrons. The highest BCUT2D eigenvalue weighted by molar-refractivity contribution is 5.19. The summed E-state index contributed by atoms with van der Waals surface area (Å²) in [5, 5.41) is 0. The first-order chi connectivity index (χ1) is 7.98. The molecule has 1 rings (SSSR count). The molecule has 0 aliphatic rings. The number of benzene rings is 1. The van der Waals surface area contributed by atoms with Crippen LogP contribution in [0.2, 0.25) is 0 Å². The molecule has 0 spiro atoms. The summed E-state index contributed by atoms with van der Waals surface area (Å²) in [6.45, 7) is 6.40. The lowest BCUT2D eigenvalue weighted by Crippen LogP contribution is -2.40. The SMILES string of the molecule is CCC(CC)CC(C)(N)Cc1ccccc1F. The number of hydrogen-bond donors (Lipinski definition) is 1. The lowest BCUT2D eigenvalue weighted by atomic mass is 9.82. The van der Waals surface area contributed by atoms with E-state index >= 15 is 0 Å². The van der Waals surface area contributed by atoms with E-state index < -0.39 is 0 Å². The molecule has 0 heterocycles. The summed E-state index contributed by atoms with van der Waals surface area (Å²) < 4.78 is 13.6. The Labute approximate surface area is 104 Å². The van der Waals surface area contributed by atoms with Crippen LogP contribution in [0, 0.1) is 11.7 Å². The Bertz CT molecular complexity index is 343. The van der Waals surface area contributed by atoms with Gasteiger partial charge < -0.3 is 5.73 Å². The zero-order valence-electron chi connectivity index (χ0n) is 11.2. The summed E-state index contributed by atoms with van der Waals surface area (Å²) in [5.74, 6) is 0.491. The average Bonchev–Trinajstić information content (AvgIpc) is 2.29. The van der Waals surface area contributed by atoms with Gasteiger partial charge in [0.15, 0.2) is 0 Å². The van der Waals surface area contributed by atoms with Crippen molar-refractivity contribution in [1.29, 1.82) is 0 Å². The molecule has 1 aromatic rings. The smallest absolute Gasteiger partial charge is 0.126 e. The van der Waals surface area contributed by atoms with Crippen molar-refractivity contribution in [2.75, 3.05) is 0 Å². The first-order valence-electron chi connectivity index (χ1n) is 6.50. The lowest BCUT2D eigenvalue weighted by Gasteiger charge is -2.29. The molecule has 1 aromatic carbocycles. The van der Waals surface area contributed by atoms with Crippen LogP contribution >= 0.6 is 0 Å². The maximum Gasteiger partial charge on any atom is 0.126 e. The van der Waals surface area contributed by atoms with E-state index in [1.807, 2.05) is 19.1 Å². The Morgan fingerprint density at radius 1 is 1.24 bits per heavy atom. The monoisotopic (exact) mass is 237 g/mol. The van der Waals surface area contributed by atoms with Crippen LogP contribution < -0.4 is 5.73 Å². The molecule has 0 saturated heterocycles. The van der Waals surface area contributed by atoms with Crippen molar-refractivity contribution in [1.82, 2.24) is 0 Å². The molecule has 1 unspecified atom stereocenters. The van der Waals surface area contributed by atoms with Crippen LogP contribution in [0.1, 0.15) is 45.6 Å². The largest absolute Gasteiger partial charge is 0.325 e. The topological polar surface area (TPSA) is 26.0 Å². The first-order valence-corrected chi connectivity index (χ1v) is 6.50. The first kappa shape index (κ1) is 14.2. The number of nitrogens with two attached hydrogens (primary N) is 1.